The van der Waals surface area contributed by atoms with E-state index in [2.05, 4.69) is 68.4 Å². The van der Waals surface area contributed by atoms with E-state index in [1.165, 1.54) is 6.92 Å². The summed E-state index contributed by atoms with van der Waals surface area (Å²) in [7, 11) is 0. The lowest BCUT2D eigenvalue weighted by atomic mass is 9.94. The van der Waals surface area contributed by atoms with Crippen molar-refractivity contribution in [2.45, 2.75) is 180 Å². The number of nitrogens with two attached hydrogens (primary N) is 2. The summed E-state index contributed by atoms with van der Waals surface area (Å²) in [6, 6.07) is 14.8. The molecular weight excluding hydrogens is 1350 g/mol. The van der Waals surface area contributed by atoms with E-state index < -0.39 is 183 Å². The van der Waals surface area contributed by atoms with E-state index in [0.29, 0.717) is 48.2 Å². The molecule has 572 valence electrons. The van der Waals surface area contributed by atoms with E-state index in [1.54, 1.807) is 119 Å². The first-order chi connectivity index (χ1) is 49.7. The van der Waals surface area contributed by atoms with Crippen LogP contribution < -0.4 is 70.0 Å². The van der Waals surface area contributed by atoms with Crippen molar-refractivity contribution in [3.63, 3.8) is 0 Å². The van der Waals surface area contributed by atoms with Gasteiger partial charge in [0.2, 0.25) is 65.9 Å². The number of carboxylic acids is 1. The number of carbonyl (C=O) groups is 14. The Morgan fingerprint density at radius 3 is 1.37 bits per heavy atom. The van der Waals surface area contributed by atoms with Crippen LogP contribution in [-0.2, 0) is 101 Å². The minimum absolute atomic E-state index is 0.0489. The van der Waals surface area contributed by atoms with Crippen LogP contribution in [0.25, 0.3) is 0 Å². The SMILES string of the molecule is CCC(C)C(NC(=O)C(CO)NC(=O)CNC(=O)C(CCCN)NC(=O)C(Cc1ccccc1)NC(=O)C(Cc1ccccc1)NC(=O)CON=C(C)CCC(=O)OCOC(C)=O)C(=O)NC(C(=O)NCC(=O)NC(Cc1ccccc1)C(=O)NC(CCC(=O)O)C(=O)NCCCCCN)C(C)CC. The number of nitrogens with one attached hydrogen (secondary N) is 11. The number of carboxylic acid groups (broad SMARTS) is 1. The van der Waals surface area contributed by atoms with Crippen LogP contribution in [-0.4, -0.2) is 200 Å². The fourth-order valence-electron chi connectivity index (χ4n) is 10.1. The molecule has 0 heterocycles. The Morgan fingerprint density at radius 2 is 0.885 bits per heavy atom. The van der Waals surface area contributed by atoms with Crippen molar-refractivity contribution in [1.82, 2.24) is 58.5 Å². The molecule has 0 saturated heterocycles. The highest BCUT2D eigenvalue weighted by atomic mass is 16.7. The number of aliphatic hydroxyl groups excluding tert-OH is 1. The monoisotopic (exact) mass is 1460 g/mol. The first-order valence-electron chi connectivity index (χ1n) is 34.7. The summed E-state index contributed by atoms with van der Waals surface area (Å²) in [5.41, 5.74) is 13.6. The van der Waals surface area contributed by atoms with Gasteiger partial charge in [-0.05, 0) is 87.1 Å². The summed E-state index contributed by atoms with van der Waals surface area (Å²) < 4.78 is 9.39. The van der Waals surface area contributed by atoms with Gasteiger partial charge in [-0.2, -0.15) is 0 Å². The molecule has 0 radical (unpaired) electrons. The molecule has 3 aromatic rings. The number of aliphatic carboxylic acids is 1. The molecule has 0 aromatic heterocycles. The predicted octanol–water partition coefficient (Wildman–Crippen LogP) is -1.00. The van der Waals surface area contributed by atoms with Crippen LogP contribution in [0.15, 0.2) is 96.2 Å². The fraction of sp³-hybridized carbons (Fsp3) is 0.535. The normalized spacial score (nSPS) is 14.0. The highest BCUT2D eigenvalue weighted by Gasteiger charge is 2.36. The molecule has 33 nitrogen and oxygen atoms in total. The van der Waals surface area contributed by atoms with Crippen LogP contribution in [0.5, 0.6) is 0 Å². The summed E-state index contributed by atoms with van der Waals surface area (Å²) in [5.74, 6) is -12.9. The Balaban J connectivity index is 1.73. The summed E-state index contributed by atoms with van der Waals surface area (Å²) in [5, 5.41) is 52.1. The van der Waals surface area contributed by atoms with Crippen molar-refractivity contribution in [2.75, 3.05) is 52.7 Å². The molecule has 0 aliphatic carbocycles. The Hall–Kier alpha value is -10.4. The lowest BCUT2D eigenvalue weighted by Crippen LogP contribution is -2.61. The smallest absolute Gasteiger partial charge is 0.309 e. The number of carbonyl (C=O) groups excluding carboxylic acids is 13. The number of esters is 2. The molecule has 11 amide bonds. The van der Waals surface area contributed by atoms with Gasteiger partial charge < -0.3 is 94.5 Å². The van der Waals surface area contributed by atoms with Crippen LogP contribution in [0.3, 0.4) is 0 Å². The molecule has 10 unspecified atom stereocenters. The molecule has 3 aromatic carbocycles. The summed E-state index contributed by atoms with van der Waals surface area (Å²) >= 11 is 0. The van der Waals surface area contributed by atoms with Crippen LogP contribution in [0.1, 0.15) is 129 Å². The summed E-state index contributed by atoms with van der Waals surface area (Å²) in [4.78, 5) is 192. The molecular formula is C71H104N14O19. The predicted molar refractivity (Wildman–Crippen MR) is 380 cm³/mol. The third-order valence-electron chi connectivity index (χ3n) is 16.4. The van der Waals surface area contributed by atoms with E-state index in [0.717, 1.165) is 19.8 Å². The van der Waals surface area contributed by atoms with E-state index in [1.807, 2.05) is 0 Å². The molecule has 0 fully saturated rings. The van der Waals surface area contributed by atoms with Gasteiger partial charge in [-0.1, -0.05) is 143 Å². The average Bonchev–Trinajstić information content (AvgIpc) is 0.857. The maximum absolute atomic E-state index is 14.4. The maximum Gasteiger partial charge on any atom is 0.309 e. The van der Waals surface area contributed by atoms with E-state index in [-0.39, 0.29) is 64.5 Å². The molecule has 0 spiro atoms. The zero-order valence-electron chi connectivity index (χ0n) is 59.9. The number of ether oxygens (including phenoxy) is 2. The van der Waals surface area contributed by atoms with Gasteiger partial charge in [0.05, 0.1) is 31.8 Å². The number of hydrogen-bond acceptors (Lipinski definition) is 21. The molecule has 10 atom stereocenters. The van der Waals surface area contributed by atoms with Gasteiger partial charge in [-0.25, -0.2) is 0 Å². The number of nitrogens with zero attached hydrogens (tertiary/aromatic N) is 1. The van der Waals surface area contributed by atoms with Crippen molar-refractivity contribution in [3.05, 3.63) is 108 Å². The Morgan fingerprint density at radius 1 is 0.452 bits per heavy atom. The van der Waals surface area contributed by atoms with Gasteiger partial charge in [0.25, 0.3) is 5.91 Å². The topological polar surface area (TPSA) is 504 Å². The minimum atomic E-state index is -1.70. The lowest BCUT2D eigenvalue weighted by Gasteiger charge is -2.29. The standard InChI is InChI=1S/C71H104N14O19/c1-7-44(3)62(70(100)76-40-57(88)77-53(36-48-22-13-9-14-23-48)66(96)81-52(30-31-60(91)92)64(94)74-35-20-12-19-33-72)84-71(101)63(45(4)8-2)83-69(99)56(41-86)79-58(89)39-75-65(95)51(28-21-34-73)80-68(98)55(38-50-26-17-11-18-27-50)82-67(97)54(37-49-24-15-10-16-25-49)78-59(90)42-104-85-46(5)29-32-61(93)103-43-102-47(6)87/h9-11,13-18,22-27,44-45,51-56,62-63,86H,7-8,12,19-21,28-43,72-73H2,1-6H3,(H,74,94)(H,75,95)(H,76,100)(H,77,88)(H,78,90)(H,79,89)(H,80,98)(H,81,96)(H,82,97)(H,83,99)(H,84,101)(H,91,92). The summed E-state index contributed by atoms with van der Waals surface area (Å²) in [6.45, 7) is 6.56. The number of rotatable bonds is 50. The molecule has 17 N–H and O–H groups in total. The second-order valence-corrected chi connectivity index (χ2v) is 24.8. The van der Waals surface area contributed by atoms with Crippen LogP contribution in [0.4, 0.5) is 0 Å². The first-order valence-corrected chi connectivity index (χ1v) is 34.7. The highest BCUT2D eigenvalue weighted by Crippen LogP contribution is 2.15. The van der Waals surface area contributed by atoms with Crippen molar-refractivity contribution in [2.24, 2.45) is 28.5 Å². The molecule has 0 bridgehead atoms. The van der Waals surface area contributed by atoms with Crippen molar-refractivity contribution >= 4 is 88.6 Å². The maximum atomic E-state index is 14.4. The minimum Gasteiger partial charge on any atom is -0.481 e. The van der Waals surface area contributed by atoms with Crippen molar-refractivity contribution in [3.8, 4) is 0 Å². The number of aliphatic hydroxyl groups is 1. The largest absolute Gasteiger partial charge is 0.481 e. The van der Waals surface area contributed by atoms with Gasteiger partial charge in [0.1, 0.15) is 48.3 Å². The van der Waals surface area contributed by atoms with Gasteiger partial charge in [0, 0.05) is 39.2 Å². The molecule has 33 heteroatoms. The average molecular weight is 1460 g/mol. The van der Waals surface area contributed by atoms with Crippen LogP contribution >= 0.6 is 0 Å². The molecule has 0 aliphatic rings. The highest BCUT2D eigenvalue weighted by molar-refractivity contribution is 5.98. The molecule has 104 heavy (non-hydrogen) atoms. The molecule has 3 rings (SSSR count). The van der Waals surface area contributed by atoms with Gasteiger partial charge >= 0.3 is 17.9 Å². The third-order valence-corrected chi connectivity index (χ3v) is 16.4. The second-order valence-electron chi connectivity index (χ2n) is 24.8. The Kier molecular flexibility index (Phi) is 41.6. The van der Waals surface area contributed by atoms with Crippen LogP contribution in [0, 0.1) is 11.8 Å². The van der Waals surface area contributed by atoms with Gasteiger partial charge in [-0.15, -0.1) is 0 Å². The first kappa shape index (κ1) is 87.8. The van der Waals surface area contributed by atoms with Gasteiger partial charge in [0.15, 0.2) is 6.61 Å². The number of oxime groups is 1. The zero-order valence-corrected chi connectivity index (χ0v) is 59.9. The lowest BCUT2D eigenvalue weighted by molar-refractivity contribution is -0.165. The zero-order chi connectivity index (χ0) is 76.9. The number of amides is 11. The summed E-state index contributed by atoms with van der Waals surface area (Å²) in [6.07, 6.45) is 1.85. The van der Waals surface area contributed by atoms with Gasteiger partial charge in [-0.3, -0.25) is 67.1 Å². The fourth-order valence-corrected chi connectivity index (χ4v) is 10.1. The number of hydrogen-bond donors (Lipinski definition) is 15. The van der Waals surface area contributed by atoms with E-state index in [4.69, 9.17) is 21.0 Å². The van der Waals surface area contributed by atoms with E-state index >= 15 is 0 Å². The Labute approximate surface area is 605 Å². The number of unbranched alkanes of at least 4 members (excludes halogenated alkanes) is 2. The van der Waals surface area contributed by atoms with Crippen molar-refractivity contribution in [1.29, 1.82) is 0 Å². The third kappa shape index (κ3) is 35.0. The second kappa shape index (κ2) is 49.2. The molecule has 0 saturated carbocycles. The quantitative estimate of drug-likeness (QED) is 0.0106. The van der Waals surface area contributed by atoms with Crippen LogP contribution in [0.2, 0.25) is 0 Å². The Bertz CT molecular complexity index is 3300. The van der Waals surface area contributed by atoms with E-state index in [9.17, 15) is 77.3 Å². The molecule has 0 aliphatic heterocycles. The van der Waals surface area contributed by atoms with Crippen molar-refractivity contribution < 1.29 is 91.6 Å². The number of benzene rings is 3.